The first kappa shape index (κ1) is 19.9. The molecule has 0 bridgehead atoms. The van der Waals surface area contributed by atoms with E-state index >= 15 is 0 Å². The van der Waals surface area contributed by atoms with Crippen molar-refractivity contribution < 1.29 is 9.59 Å². The molecule has 2 heterocycles. The molecule has 2 aromatic rings. The molecule has 7 nitrogen and oxygen atoms in total. The molecule has 0 aliphatic carbocycles. The highest BCUT2D eigenvalue weighted by atomic mass is 16.2. The number of carbonyl (C=O) groups is 2. The van der Waals surface area contributed by atoms with Gasteiger partial charge in [-0.1, -0.05) is 12.1 Å². The predicted octanol–water partition coefficient (Wildman–Crippen LogP) is 3.24. The van der Waals surface area contributed by atoms with Gasteiger partial charge in [-0.15, -0.1) is 0 Å². The first-order valence-electron chi connectivity index (χ1n) is 9.66. The maximum atomic E-state index is 13.5. The summed E-state index contributed by atoms with van der Waals surface area (Å²) in [6.45, 7) is 10.9. The Bertz CT molecular complexity index is 873. The smallest absolute Gasteiger partial charge is 0.263 e. The summed E-state index contributed by atoms with van der Waals surface area (Å²) in [6, 6.07) is 7.88. The Morgan fingerprint density at radius 3 is 2.36 bits per heavy atom. The third-order valence-electron chi connectivity index (χ3n) is 5.00. The Morgan fingerprint density at radius 1 is 1.11 bits per heavy atom. The number of rotatable bonds is 5. The van der Waals surface area contributed by atoms with Crippen LogP contribution in [0, 0.1) is 0 Å². The lowest BCUT2D eigenvalue weighted by atomic mass is 10.2. The molecule has 0 fully saturated rings. The van der Waals surface area contributed by atoms with E-state index in [-0.39, 0.29) is 30.4 Å². The number of nitrogens with zero attached hydrogens (tertiary/aromatic N) is 5. The van der Waals surface area contributed by atoms with Crippen LogP contribution in [0.1, 0.15) is 45.0 Å². The highest BCUT2D eigenvalue weighted by Crippen LogP contribution is 2.39. The second-order valence-corrected chi connectivity index (χ2v) is 7.39. The van der Waals surface area contributed by atoms with E-state index in [1.807, 2.05) is 31.2 Å². The van der Waals surface area contributed by atoms with Gasteiger partial charge in [0.05, 0.1) is 17.9 Å². The summed E-state index contributed by atoms with van der Waals surface area (Å²) >= 11 is 0. The van der Waals surface area contributed by atoms with E-state index < -0.39 is 0 Å². The molecule has 0 atom stereocenters. The number of hydrogen-bond acceptors (Lipinski definition) is 5. The highest BCUT2D eigenvalue weighted by molar-refractivity contribution is 6.18. The largest absolute Gasteiger partial charge is 0.306 e. The van der Waals surface area contributed by atoms with Gasteiger partial charge >= 0.3 is 0 Å². The van der Waals surface area contributed by atoms with Crippen LogP contribution < -0.4 is 9.80 Å². The fraction of sp³-hybridized carbons (Fsp3) is 0.429. The van der Waals surface area contributed by atoms with Gasteiger partial charge in [0.2, 0.25) is 5.91 Å². The van der Waals surface area contributed by atoms with Crippen LogP contribution in [0.25, 0.3) is 0 Å². The minimum Gasteiger partial charge on any atom is -0.306 e. The van der Waals surface area contributed by atoms with Gasteiger partial charge in [0, 0.05) is 24.8 Å². The molecule has 0 N–H and O–H groups in total. The van der Waals surface area contributed by atoms with Crippen LogP contribution in [0.15, 0.2) is 36.8 Å². The fourth-order valence-corrected chi connectivity index (χ4v) is 3.66. The zero-order valence-electron chi connectivity index (χ0n) is 17.1. The summed E-state index contributed by atoms with van der Waals surface area (Å²) in [5.74, 6) is 0.00633. The van der Waals surface area contributed by atoms with E-state index in [1.54, 1.807) is 9.80 Å². The third-order valence-corrected chi connectivity index (χ3v) is 5.00. The lowest BCUT2D eigenvalue weighted by Crippen LogP contribution is -2.45. The molecule has 0 radical (unpaired) electrons. The molecular weight excluding hydrogens is 354 g/mol. The molecule has 0 spiro atoms. The van der Waals surface area contributed by atoms with Crippen LogP contribution in [0.2, 0.25) is 0 Å². The lowest BCUT2D eigenvalue weighted by molar-refractivity contribution is -0.120. The maximum Gasteiger partial charge on any atom is 0.263 e. The van der Waals surface area contributed by atoms with Crippen molar-refractivity contribution in [2.75, 3.05) is 22.9 Å². The quantitative estimate of drug-likeness (QED) is 0.795. The van der Waals surface area contributed by atoms with Gasteiger partial charge in [0.15, 0.2) is 5.82 Å². The number of para-hydroxylation sites is 2. The van der Waals surface area contributed by atoms with Crippen molar-refractivity contribution in [3.8, 4) is 0 Å². The predicted molar refractivity (Wildman–Crippen MR) is 110 cm³/mol. The molecule has 0 saturated carbocycles. The second-order valence-electron chi connectivity index (χ2n) is 7.39. The summed E-state index contributed by atoms with van der Waals surface area (Å²) in [5, 5.41) is 0. The third kappa shape index (κ3) is 3.49. The molecule has 1 aromatic heterocycles. The van der Waals surface area contributed by atoms with Gasteiger partial charge in [-0.05, 0) is 46.8 Å². The Balaban J connectivity index is 2.16. The van der Waals surface area contributed by atoms with Crippen molar-refractivity contribution in [3.63, 3.8) is 0 Å². The minimum atomic E-state index is -0.203. The van der Waals surface area contributed by atoms with E-state index in [1.165, 1.54) is 12.5 Å². The van der Waals surface area contributed by atoms with Gasteiger partial charge in [-0.25, -0.2) is 9.97 Å². The fourth-order valence-electron chi connectivity index (χ4n) is 3.66. The molecule has 2 amide bonds. The number of anilines is 3. The first-order chi connectivity index (χ1) is 13.4. The van der Waals surface area contributed by atoms with Crippen molar-refractivity contribution >= 4 is 29.0 Å². The Morgan fingerprint density at radius 2 is 1.75 bits per heavy atom. The lowest BCUT2D eigenvalue weighted by Gasteiger charge is -2.32. The Hall–Kier alpha value is -2.80. The molecule has 1 aromatic carbocycles. The zero-order chi connectivity index (χ0) is 20.4. The number of benzene rings is 1. The molecule has 0 saturated heterocycles. The molecule has 3 rings (SSSR count). The van der Waals surface area contributed by atoms with E-state index in [4.69, 9.17) is 0 Å². The van der Waals surface area contributed by atoms with E-state index in [9.17, 15) is 9.59 Å². The number of fused-ring (bicyclic) bond motifs is 2. The molecule has 28 heavy (non-hydrogen) atoms. The summed E-state index contributed by atoms with van der Waals surface area (Å²) < 4.78 is 0. The Labute approximate surface area is 166 Å². The zero-order valence-corrected chi connectivity index (χ0v) is 17.1. The monoisotopic (exact) mass is 381 g/mol. The van der Waals surface area contributed by atoms with Gasteiger partial charge in [0.1, 0.15) is 11.9 Å². The van der Waals surface area contributed by atoms with E-state index in [0.29, 0.717) is 29.3 Å². The van der Waals surface area contributed by atoms with Gasteiger partial charge in [-0.3, -0.25) is 19.4 Å². The van der Waals surface area contributed by atoms with Crippen LogP contribution in [0.4, 0.5) is 17.2 Å². The maximum absolute atomic E-state index is 13.5. The number of hydrogen-bond donors (Lipinski definition) is 0. The van der Waals surface area contributed by atoms with Crippen molar-refractivity contribution in [3.05, 3.63) is 42.4 Å². The molecule has 1 aliphatic rings. The standard InChI is InChI=1S/C21H27N5O2/c1-6-24-17-9-7-8-10-18(17)26(19(27)12-25(14(2)3)15(4)5)20-16(21(24)28)11-22-13-23-20/h7-11,13-15H,6,12H2,1-5H3. The molecule has 148 valence electrons. The van der Waals surface area contributed by atoms with E-state index in [2.05, 4.69) is 42.6 Å². The summed E-state index contributed by atoms with van der Waals surface area (Å²) in [4.78, 5) is 40.3. The number of carbonyl (C=O) groups excluding carboxylic acids is 2. The minimum absolute atomic E-state index is 0.124. The van der Waals surface area contributed by atoms with Crippen LogP contribution in [-0.2, 0) is 4.79 Å². The van der Waals surface area contributed by atoms with Crippen LogP contribution in [0.3, 0.4) is 0 Å². The second kappa shape index (κ2) is 8.06. The average Bonchev–Trinajstić information content (AvgIpc) is 2.77. The van der Waals surface area contributed by atoms with Crippen LogP contribution >= 0.6 is 0 Å². The summed E-state index contributed by atoms with van der Waals surface area (Å²) in [6.07, 6.45) is 2.86. The van der Waals surface area contributed by atoms with Crippen molar-refractivity contribution in [2.24, 2.45) is 0 Å². The molecule has 0 unspecified atom stereocenters. The number of aromatic nitrogens is 2. The van der Waals surface area contributed by atoms with Crippen molar-refractivity contribution in [2.45, 2.75) is 46.7 Å². The van der Waals surface area contributed by atoms with E-state index in [0.717, 1.165) is 0 Å². The summed E-state index contributed by atoms with van der Waals surface area (Å²) in [7, 11) is 0. The van der Waals surface area contributed by atoms with Crippen LogP contribution in [0.5, 0.6) is 0 Å². The normalized spacial score (nSPS) is 13.8. The topological polar surface area (TPSA) is 69.6 Å². The van der Waals surface area contributed by atoms with Crippen molar-refractivity contribution in [1.82, 2.24) is 14.9 Å². The molecular formula is C21H27N5O2. The number of amides is 2. The summed E-state index contributed by atoms with van der Waals surface area (Å²) in [5.41, 5.74) is 1.68. The van der Waals surface area contributed by atoms with Gasteiger partial charge in [-0.2, -0.15) is 0 Å². The van der Waals surface area contributed by atoms with Crippen LogP contribution in [-0.4, -0.2) is 51.9 Å². The Kier molecular flexibility index (Phi) is 5.74. The SMILES string of the molecule is CCN1C(=O)c2cncnc2N(C(=O)CN(C(C)C)C(C)C)c2ccccc21. The van der Waals surface area contributed by atoms with Crippen molar-refractivity contribution in [1.29, 1.82) is 0 Å². The van der Waals surface area contributed by atoms with Gasteiger partial charge < -0.3 is 4.90 Å². The molecule has 7 heteroatoms. The average molecular weight is 381 g/mol. The van der Waals surface area contributed by atoms with Gasteiger partial charge in [0.25, 0.3) is 5.91 Å². The molecule has 1 aliphatic heterocycles. The highest BCUT2D eigenvalue weighted by Gasteiger charge is 2.35. The first-order valence-corrected chi connectivity index (χ1v) is 9.66.